The van der Waals surface area contributed by atoms with Crippen molar-refractivity contribution >= 4 is 34.8 Å². The number of carbonyl (C=O) groups is 1. The Balaban J connectivity index is 1.74. The molecule has 3 aromatic rings. The molecule has 1 aromatic heterocycles. The molecule has 0 saturated heterocycles. The molecule has 0 bridgehead atoms. The number of halogens is 1. The van der Waals surface area contributed by atoms with Crippen LogP contribution in [0.2, 0.25) is 5.02 Å². The maximum atomic E-state index is 12.3. The van der Waals surface area contributed by atoms with Crippen LogP contribution in [-0.4, -0.2) is 30.1 Å². The number of nitrogens with one attached hydrogen (secondary N) is 2. The molecule has 1 heterocycles. The molecule has 0 saturated carbocycles. The first-order valence-electron chi connectivity index (χ1n) is 8.38. The van der Waals surface area contributed by atoms with Crippen LogP contribution in [0.3, 0.4) is 0 Å². The van der Waals surface area contributed by atoms with E-state index in [2.05, 4.69) is 20.6 Å². The number of amides is 1. The second-order valence-electron chi connectivity index (χ2n) is 5.93. The van der Waals surface area contributed by atoms with Crippen molar-refractivity contribution in [2.75, 3.05) is 24.9 Å². The number of benzene rings is 2. The normalized spacial score (nSPS) is 10.3. The van der Waals surface area contributed by atoms with Crippen molar-refractivity contribution in [1.29, 1.82) is 0 Å². The van der Waals surface area contributed by atoms with E-state index < -0.39 is 0 Å². The number of aromatic nitrogens is 2. The Kier molecular flexibility index (Phi) is 5.96. The van der Waals surface area contributed by atoms with Gasteiger partial charge in [-0.1, -0.05) is 29.3 Å². The largest absolute Gasteiger partial charge is 0.495 e. The number of hydrogen-bond donors (Lipinski definition) is 2. The summed E-state index contributed by atoms with van der Waals surface area (Å²) in [6.45, 7) is 1.98. The lowest BCUT2D eigenvalue weighted by molar-refractivity contribution is 0.102. The third-order valence-electron chi connectivity index (χ3n) is 3.94. The highest BCUT2D eigenvalue weighted by molar-refractivity contribution is 6.32. The first-order chi connectivity index (χ1) is 13.5. The van der Waals surface area contributed by atoms with Crippen molar-refractivity contribution in [2.45, 2.75) is 6.92 Å². The van der Waals surface area contributed by atoms with Gasteiger partial charge >= 0.3 is 0 Å². The van der Waals surface area contributed by atoms with Crippen LogP contribution in [0.4, 0.5) is 17.3 Å². The average Bonchev–Trinajstić information content (AvgIpc) is 2.71. The molecule has 0 spiro atoms. The Bertz CT molecular complexity index is 976. The molecule has 8 heteroatoms. The van der Waals surface area contributed by atoms with Gasteiger partial charge in [0.1, 0.15) is 11.5 Å². The number of hydrogen-bond acceptors (Lipinski definition) is 6. The molecule has 0 fully saturated rings. The lowest BCUT2D eigenvalue weighted by atomic mass is 10.2. The van der Waals surface area contributed by atoms with Gasteiger partial charge in [-0.2, -0.15) is 0 Å². The molecule has 3 rings (SSSR count). The first kappa shape index (κ1) is 19.4. The Morgan fingerprint density at radius 3 is 2.25 bits per heavy atom. The highest BCUT2D eigenvalue weighted by atomic mass is 35.5. The van der Waals surface area contributed by atoms with Gasteiger partial charge in [0, 0.05) is 30.2 Å². The van der Waals surface area contributed by atoms with E-state index >= 15 is 0 Å². The summed E-state index contributed by atoms with van der Waals surface area (Å²) in [6.07, 6.45) is 2.89. The number of rotatable bonds is 6. The van der Waals surface area contributed by atoms with Crippen molar-refractivity contribution in [3.63, 3.8) is 0 Å². The molecular weight excluding hydrogens is 380 g/mol. The Hall–Kier alpha value is -3.32. The second kappa shape index (κ2) is 8.58. The maximum Gasteiger partial charge on any atom is 0.258 e. The predicted molar refractivity (Wildman–Crippen MR) is 109 cm³/mol. The molecule has 28 heavy (non-hydrogen) atoms. The summed E-state index contributed by atoms with van der Waals surface area (Å²) in [5, 5.41) is 6.26. The van der Waals surface area contributed by atoms with Gasteiger partial charge in [-0.25, -0.2) is 9.97 Å². The van der Waals surface area contributed by atoms with E-state index in [0.717, 1.165) is 5.56 Å². The van der Waals surface area contributed by atoms with Gasteiger partial charge in [0.2, 0.25) is 5.95 Å². The number of anilines is 3. The standard InChI is InChI=1S/C20H19ClN4O3/c1-12-4-6-14(7-5-12)24-19(26)13-10-22-20(23-11-13)25-16-9-17(27-2)15(21)8-18(16)28-3/h4-11H,1-3H3,(H,24,26)(H,22,23,25). The van der Waals surface area contributed by atoms with Gasteiger partial charge in [-0.05, 0) is 19.1 Å². The Labute approximate surface area is 167 Å². The van der Waals surface area contributed by atoms with Crippen molar-refractivity contribution < 1.29 is 14.3 Å². The molecule has 2 aromatic carbocycles. The molecule has 0 aliphatic heterocycles. The zero-order valence-electron chi connectivity index (χ0n) is 15.6. The highest BCUT2D eigenvalue weighted by Crippen LogP contribution is 2.36. The SMILES string of the molecule is COc1cc(Nc2ncc(C(=O)Nc3ccc(C)cc3)cn2)c(OC)cc1Cl. The average molecular weight is 399 g/mol. The number of nitrogens with zero attached hydrogens (tertiary/aromatic N) is 2. The highest BCUT2D eigenvalue weighted by Gasteiger charge is 2.12. The van der Waals surface area contributed by atoms with Crippen LogP contribution in [0.1, 0.15) is 15.9 Å². The summed E-state index contributed by atoms with van der Waals surface area (Å²) in [4.78, 5) is 20.7. The smallest absolute Gasteiger partial charge is 0.258 e. The van der Waals surface area contributed by atoms with Crippen LogP contribution < -0.4 is 20.1 Å². The van der Waals surface area contributed by atoms with E-state index in [1.807, 2.05) is 31.2 Å². The van der Waals surface area contributed by atoms with Crippen LogP contribution in [0.25, 0.3) is 0 Å². The van der Waals surface area contributed by atoms with Crippen LogP contribution in [0.5, 0.6) is 11.5 Å². The monoisotopic (exact) mass is 398 g/mol. The zero-order valence-corrected chi connectivity index (χ0v) is 16.4. The van der Waals surface area contributed by atoms with Crippen LogP contribution >= 0.6 is 11.6 Å². The van der Waals surface area contributed by atoms with E-state index in [4.69, 9.17) is 21.1 Å². The minimum absolute atomic E-state index is 0.291. The van der Waals surface area contributed by atoms with Crippen molar-refractivity contribution in [1.82, 2.24) is 9.97 Å². The summed E-state index contributed by atoms with van der Waals surface area (Å²) >= 11 is 6.11. The fourth-order valence-corrected chi connectivity index (χ4v) is 2.66. The fourth-order valence-electron chi connectivity index (χ4n) is 2.43. The first-order valence-corrected chi connectivity index (χ1v) is 8.76. The van der Waals surface area contributed by atoms with Crippen LogP contribution in [0.15, 0.2) is 48.8 Å². The third kappa shape index (κ3) is 4.50. The summed E-state index contributed by atoms with van der Waals surface area (Å²) in [6, 6.07) is 10.8. The number of methoxy groups -OCH3 is 2. The molecule has 0 atom stereocenters. The second-order valence-corrected chi connectivity index (χ2v) is 6.33. The fraction of sp³-hybridized carbons (Fsp3) is 0.150. The predicted octanol–water partition coefficient (Wildman–Crippen LogP) is 4.45. The van der Waals surface area contributed by atoms with E-state index in [1.165, 1.54) is 26.6 Å². The molecule has 0 aliphatic rings. The van der Waals surface area contributed by atoms with Gasteiger partial charge < -0.3 is 20.1 Å². The van der Waals surface area contributed by atoms with Crippen molar-refractivity contribution in [3.8, 4) is 11.5 Å². The van der Waals surface area contributed by atoms with Crippen molar-refractivity contribution in [3.05, 3.63) is 64.9 Å². The lowest BCUT2D eigenvalue weighted by Crippen LogP contribution is -2.13. The van der Waals surface area contributed by atoms with E-state index in [0.29, 0.717) is 39.4 Å². The quantitative estimate of drug-likeness (QED) is 0.638. The topological polar surface area (TPSA) is 85.4 Å². The molecule has 144 valence electrons. The summed E-state index contributed by atoms with van der Waals surface area (Å²) < 4.78 is 10.5. The molecule has 0 unspecified atom stereocenters. The molecule has 0 aliphatic carbocycles. The van der Waals surface area contributed by atoms with Gasteiger partial charge in [0.15, 0.2) is 0 Å². The Morgan fingerprint density at radius 1 is 1.00 bits per heavy atom. The van der Waals surface area contributed by atoms with Crippen LogP contribution in [-0.2, 0) is 0 Å². The third-order valence-corrected chi connectivity index (χ3v) is 4.24. The number of ether oxygens (including phenoxy) is 2. The van der Waals surface area contributed by atoms with Crippen LogP contribution in [0, 0.1) is 6.92 Å². The van der Waals surface area contributed by atoms with Gasteiger partial charge in [-0.3, -0.25) is 4.79 Å². The minimum Gasteiger partial charge on any atom is -0.495 e. The molecule has 0 radical (unpaired) electrons. The van der Waals surface area contributed by atoms with E-state index in [9.17, 15) is 4.79 Å². The summed E-state index contributed by atoms with van der Waals surface area (Å²) in [7, 11) is 3.05. The molecular formula is C20H19ClN4O3. The molecule has 2 N–H and O–H groups in total. The maximum absolute atomic E-state index is 12.3. The Morgan fingerprint density at radius 2 is 1.64 bits per heavy atom. The lowest BCUT2D eigenvalue weighted by Gasteiger charge is -2.13. The van der Waals surface area contributed by atoms with E-state index in [-0.39, 0.29) is 5.91 Å². The van der Waals surface area contributed by atoms with Crippen molar-refractivity contribution in [2.24, 2.45) is 0 Å². The number of aryl methyl sites for hydroxylation is 1. The summed E-state index contributed by atoms with van der Waals surface area (Å²) in [5.74, 6) is 1.00. The number of carbonyl (C=O) groups excluding carboxylic acids is 1. The summed E-state index contributed by atoms with van der Waals surface area (Å²) in [5.41, 5.74) is 2.74. The van der Waals surface area contributed by atoms with E-state index in [1.54, 1.807) is 12.1 Å². The minimum atomic E-state index is -0.291. The van der Waals surface area contributed by atoms with Gasteiger partial charge in [0.05, 0.1) is 30.5 Å². The van der Waals surface area contributed by atoms with Gasteiger partial charge in [-0.15, -0.1) is 0 Å². The molecule has 1 amide bonds. The molecule has 7 nitrogen and oxygen atoms in total. The van der Waals surface area contributed by atoms with Gasteiger partial charge in [0.25, 0.3) is 5.91 Å². The zero-order chi connectivity index (χ0) is 20.1.